The fraction of sp³-hybridized carbons (Fsp3) is 0.571. The molecule has 21 heavy (non-hydrogen) atoms. The minimum atomic E-state index is -3.17. The maximum Gasteiger partial charge on any atom is 0.255 e. The Morgan fingerprint density at radius 1 is 1.33 bits per heavy atom. The highest BCUT2D eigenvalue weighted by atomic mass is 35.5. The van der Waals surface area contributed by atoms with Gasteiger partial charge in [-0.05, 0) is 25.0 Å². The number of carbonyl (C=O) groups is 1. The molecule has 0 spiro atoms. The third-order valence-corrected chi connectivity index (χ3v) is 5.88. The number of hydrogen-bond donors (Lipinski definition) is 0. The molecule has 0 aliphatic heterocycles. The lowest BCUT2D eigenvalue weighted by atomic mass is 9.93. The zero-order chi connectivity index (χ0) is 15.6. The number of sulfone groups is 1. The predicted molar refractivity (Wildman–Crippen MR) is 82.2 cm³/mol. The van der Waals surface area contributed by atoms with Gasteiger partial charge >= 0.3 is 0 Å². The molecule has 1 saturated carbocycles. The van der Waals surface area contributed by atoms with Gasteiger partial charge in [0.25, 0.3) is 5.91 Å². The Kier molecular flexibility index (Phi) is 4.88. The fourth-order valence-electron chi connectivity index (χ4n) is 2.88. The van der Waals surface area contributed by atoms with Crippen molar-refractivity contribution in [3.63, 3.8) is 0 Å². The van der Waals surface area contributed by atoms with Crippen molar-refractivity contribution in [3.05, 3.63) is 29.0 Å². The van der Waals surface area contributed by atoms with Crippen molar-refractivity contribution in [3.8, 4) is 0 Å². The standard InChI is InChI=1S/C14H19ClN2O3S/c1-17(14(18)10-7-8-13(15)16-9-10)11-5-3-4-6-12(11)21(2,19)20/h7-9,11-12H,3-6H2,1-2H3/t11-,12+/m1/s1. The first-order valence-corrected chi connectivity index (χ1v) is 9.21. The summed E-state index contributed by atoms with van der Waals surface area (Å²) in [7, 11) is -1.52. The fourth-order valence-corrected chi connectivity index (χ4v) is 4.47. The van der Waals surface area contributed by atoms with Crippen LogP contribution in [0.25, 0.3) is 0 Å². The first-order chi connectivity index (χ1) is 9.80. The average Bonchev–Trinajstić information content (AvgIpc) is 2.45. The van der Waals surface area contributed by atoms with E-state index >= 15 is 0 Å². The molecule has 5 nitrogen and oxygen atoms in total. The Bertz CT molecular complexity index is 616. The summed E-state index contributed by atoms with van der Waals surface area (Å²) in [5.41, 5.74) is 0.416. The molecule has 0 bridgehead atoms. The second-order valence-electron chi connectivity index (χ2n) is 5.51. The number of amides is 1. The summed E-state index contributed by atoms with van der Waals surface area (Å²) in [6.07, 6.45) is 5.81. The Hall–Kier alpha value is -1.14. The van der Waals surface area contributed by atoms with Crippen molar-refractivity contribution >= 4 is 27.3 Å². The highest BCUT2D eigenvalue weighted by Crippen LogP contribution is 2.28. The van der Waals surface area contributed by atoms with Crippen LogP contribution >= 0.6 is 11.6 Å². The lowest BCUT2D eigenvalue weighted by Crippen LogP contribution is -2.49. The predicted octanol–water partition coefficient (Wildman–Crippen LogP) is 2.16. The lowest BCUT2D eigenvalue weighted by Gasteiger charge is -2.36. The Morgan fingerprint density at radius 3 is 2.57 bits per heavy atom. The first kappa shape index (κ1) is 16.2. The minimum absolute atomic E-state index is 0.222. The molecule has 0 N–H and O–H groups in total. The van der Waals surface area contributed by atoms with Gasteiger partial charge in [-0.25, -0.2) is 13.4 Å². The third kappa shape index (κ3) is 3.74. The van der Waals surface area contributed by atoms with Crippen LogP contribution in [0.1, 0.15) is 36.0 Å². The molecule has 2 atom stereocenters. The van der Waals surface area contributed by atoms with Gasteiger partial charge in [-0.1, -0.05) is 24.4 Å². The molecule has 1 amide bonds. The summed E-state index contributed by atoms with van der Waals surface area (Å²) in [5.74, 6) is -0.222. The smallest absolute Gasteiger partial charge is 0.255 e. The molecule has 0 aromatic carbocycles. The van der Waals surface area contributed by atoms with E-state index in [1.165, 1.54) is 17.4 Å². The van der Waals surface area contributed by atoms with Crippen LogP contribution in [0.3, 0.4) is 0 Å². The topological polar surface area (TPSA) is 67.3 Å². The molecule has 2 rings (SSSR count). The normalized spacial score (nSPS) is 22.8. The molecule has 116 valence electrons. The monoisotopic (exact) mass is 330 g/mol. The number of halogens is 1. The summed E-state index contributed by atoms with van der Waals surface area (Å²) in [5, 5.41) is -0.165. The summed E-state index contributed by atoms with van der Waals surface area (Å²) < 4.78 is 23.9. The number of rotatable bonds is 3. The zero-order valence-electron chi connectivity index (χ0n) is 12.1. The van der Waals surface area contributed by atoms with E-state index in [0.717, 1.165) is 12.8 Å². The van der Waals surface area contributed by atoms with E-state index in [1.807, 2.05) is 0 Å². The van der Waals surface area contributed by atoms with Crippen molar-refractivity contribution < 1.29 is 13.2 Å². The van der Waals surface area contributed by atoms with Crippen LogP contribution in [0.2, 0.25) is 5.15 Å². The first-order valence-electron chi connectivity index (χ1n) is 6.88. The lowest BCUT2D eigenvalue weighted by molar-refractivity contribution is 0.0700. The van der Waals surface area contributed by atoms with Crippen LogP contribution in [0.4, 0.5) is 0 Å². The Balaban J connectivity index is 2.22. The van der Waals surface area contributed by atoms with Crippen LogP contribution in [-0.4, -0.2) is 48.8 Å². The number of carbonyl (C=O) groups excluding carboxylic acids is 1. The van der Waals surface area contributed by atoms with Crippen LogP contribution in [-0.2, 0) is 9.84 Å². The zero-order valence-corrected chi connectivity index (χ0v) is 13.7. The molecule has 0 unspecified atom stereocenters. The van der Waals surface area contributed by atoms with Gasteiger partial charge in [-0.3, -0.25) is 4.79 Å². The van der Waals surface area contributed by atoms with E-state index in [-0.39, 0.29) is 11.9 Å². The van der Waals surface area contributed by atoms with Crippen molar-refractivity contribution in [2.24, 2.45) is 0 Å². The number of aromatic nitrogens is 1. The van der Waals surface area contributed by atoms with E-state index < -0.39 is 15.1 Å². The van der Waals surface area contributed by atoms with E-state index in [1.54, 1.807) is 19.2 Å². The van der Waals surface area contributed by atoms with Crippen LogP contribution in [0.5, 0.6) is 0 Å². The third-order valence-electron chi connectivity index (χ3n) is 4.01. The van der Waals surface area contributed by atoms with Gasteiger partial charge < -0.3 is 4.90 Å². The van der Waals surface area contributed by atoms with Gasteiger partial charge in [0.1, 0.15) is 5.15 Å². The molecule has 0 saturated heterocycles. The quantitative estimate of drug-likeness (QED) is 0.796. The van der Waals surface area contributed by atoms with Gasteiger partial charge in [0.15, 0.2) is 9.84 Å². The van der Waals surface area contributed by atoms with Crippen LogP contribution in [0, 0.1) is 0 Å². The van der Waals surface area contributed by atoms with Gasteiger partial charge in [0.2, 0.25) is 0 Å². The molecule has 1 aromatic rings. The van der Waals surface area contributed by atoms with E-state index in [9.17, 15) is 13.2 Å². The van der Waals surface area contributed by atoms with E-state index in [0.29, 0.717) is 23.6 Å². The summed E-state index contributed by atoms with van der Waals surface area (Å²) >= 11 is 5.71. The molecule has 7 heteroatoms. The van der Waals surface area contributed by atoms with Gasteiger partial charge in [0.05, 0.1) is 10.8 Å². The second kappa shape index (κ2) is 6.32. The van der Waals surface area contributed by atoms with Crippen molar-refractivity contribution in [1.29, 1.82) is 0 Å². The maximum absolute atomic E-state index is 12.5. The molecular weight excluding hydrogens is 312 g/mol. The van der Waals surface area contributed by atoms with Crippen molar-refractivity contribution in [2.75, 3.05) is 13.3 Å². The Labute approximate surface area is 130 Å². The van der Waals surface area contributed by atoms with Gasteiger partial charge in [0, 0.05) is 25.5 Å². The second-order valence-corrected chi connectivity index (χ2v) is 8.16. The molecule has 1 fully saturated rings. The maximum atomic E-state index is 12.5. The van der Waals surface area contributed by atoms with E-state index in [4.69, 9.17) is 11.6 Å². The van der Waals surface area contributed by atoms with Crippen molar-refractivity contribution in [1.82, 2.24) is 9.88 Å². The Morgan fingerprint density at radius 2 is 2.00 bits per heavy atom. The number of hydrogen-bond acceptors (Lipinski definition) is 4. The highest BCUT2D eigenvalue weighted by Gasteiger charge is 2.37. The van der Waals surface area contributed by atoms with Gasteiger partial charge in [-0.15, -0.1) is 0 Å². The van der Waals surface area contributed by atoms with Crippen molar-refractivity contribution in [2.45, 2.75) is 37.0 Å². The summed E-state index contributed by atoms with van der Waals surface area (Å²) in [6.45, 7) is 0. The summed E-state index contributed by atoms with van der Waals surface area (Å²) in [6, 6.07) is 2.88. The average molecular weight is 331 g/mol. The van der Waals surface area contributed by atoms with Crippen LogP contribution < -0.4 is 0 Å². The molecule has 1 aliphatic carbocycles. The number of nitrogens with zero attached hydrogens (tertiary/aromatic N) is 2. The minimum Gasteiger partial charge on any atom is -0.337 e. The molecular formula is C14H19ClN2O3S. The number of pyridine rings is 1. The largest absolute Gasteiger partial charge is 0.337 e. The molecule has 1 heterocycles. The van der Waals surface area contributed by atoms with Gasteiger partial charge in [-0.2, -0.15) is 0 Å². The highest BCUT2D eigenvalue weighted by molar-refractivity contribution is 7.91. The molecule has 0 radical (unpaired) electrons. The van der Waals surface area contributed by atoms with E-state index in [2.05, 4.69) is 4.98 Å². The SMILES string of the molecule is CN(C(=O)c1ccc(Cl)nc1)[C@@H]1CCCC[C@@H]1S(C)(=O)=O. The molecule has 1 aliphatic rings. The van der Waals surface area contributed by atoms with Crippen LogP contribution in [0.15, 0.2) is 18.3 Å². The summed E-state index contributed by atoms with van der Waals surface area (Å²) in [4.78, 5) is 17.9. The molecule has 1 aromatic heterocycles.